The molecule has 2 aliphatic carbocycles. The Kier molecular flexibility index (Phi) is 9.62. The zero-order valence-corrected chi connectivity index (χ0v) is 29.4. The van der Waals surface area contributed by atoms with Crippen LogP contribution in [0.3, 0.4) is 0 Å². The molecule has 0 aromatic carbocycles. The number of hydrogen-bond acceptors (Lipinski definition) is 9. The van der Waals surface area contributed by atoms with Crippen LogP contribution < -0.4 is 14.8 Å². The van der Waals surface area contributed by atoms with Crippen LogP contribution in [0.4, 0.5) is 0 Å². The standard InChI is InChI=1S/C29H38ClN5O7S4/c1-18(36)31-19-5-7-20(8-6-19)45(39,40)33-24-16-29(24)13-3-15-35(29)26(37)17-34-14-2-4-21(28(34)38)32-46(41,42)27-12-10-23(44-27)22-9-11-25(30)43-22/h9-12,19-21,24,32-33H,2-8,13-17H2,1H3,(H,31,36)/t19?,20?,21?,24-,29?/m1/s1. The molecule has 3 amide bonds. The van der Waals surface area contributed by atoms with Crippen LogP contribution in [0.15, 0.2) is 28.5 Å². The van der Waals surface area contributed by atoms with Crippen molar-refractivity contribution in [2.75, 3.05) is 19.6 Å². The first-order chi connectivity index (χ1) is 21.8. The van der Waals surface area contributed by atoms with Crippen LogP contribution in [0.1, 0.15) is 64.7 Å². The largest absolute Gasteiger partial charge is 0.354 e. The Hall–Kier alpha value is -2.08. The fourth-order valence-corrected chi connectivity index (χ4v) is 12.6. The van der Waals surface area contributed by atoms with Gasteiger partial charge in [-0.25, -0.2) is 21.6 Å². The Morgan fingerprint density at radius 1 is 0.957 bits per heavy atom. The summed E-state index contributed by atoms with van der Waals surface area (Å²) in [6, 6.07) is 5.43. The molecule has 4 aliphatic rings. The highest BCUT2D eigenvalue weighted by atomic mass is 35.5. The van der Waals surface area contributed by atoms with Gasteiger partial charge in [0.15, 0.2) is 0 Å². The first-order valence-corrected chi connectivity index (χ1v) is 20.6. The first kappa shape index (κ1) is 33.8. The third kappa shape index (κ3) is 7.03. The summed E-state index contributed by atoms with van der Waals surface area (Å²) < 4.78 is 59.0. The van der Waals surface area contributed by atoms with Crippen LogP contribution in [0.5, 0.6) is 0 Å². The molecule has 2 unspecified atom stereocenters. The molecule has 6 rings (SSSR count). The number of piperidine rings is 1. The highest BCUT2D eigenvalue weighted by Crippen LogP contribution is 2.50. The van der Waals surface area contributed by atoms with Crippen molar-refractivity contribution in [2.45, 2.75) is 97.8 Å². The van der Waals surface area contributed by atoms with Gasteiger partial charge in [-0.05, 0) is 82.1 Å². The van der Waals surface area contributed by atoms with E-state index in [9.17, 15) is 31.2 Å². The van der Waals surface area contributed by atoms with Gasteiger partial charge in [-0.2, -0.15) is 4.72 Å². The second kappa shape index (κ2) is 13.1. The number of halogens is 1. The molecular weight excluding hydrogens is 694 g/mol. The first-order valence-electron chi connectivity index (χ1n) is 15.5. The second-order valence-electron chi connectivity index (χ2n) is 12.6. The van der Waals surface area contributed by atoms with Crippen LogP contribution in [-0.2, 0) is 34.4 Å². The van der Waals surface area contributed by atoms with Crippen molar-refractivity contribution in [2.24, 2.45) is 0 Å². The molecule has 2 aliphatic heterocycles. The number of thiophene rings is 2. The lowest BCUT2D eigenvalue weighted by atomic mass is 9.95. The number of rotatable bonds is 10. The van der Waals surface area contributed by atoms with E-state index in [-0.39, 0.29) is 34.7 Å². The fraction of sp³-hybridized carbons (Fsp3) is 0.621. The summed E-state index contributed by atoms with van der Waals surface area (Å²) in [4.78, 5) is 43.1. The number of amides is 3. The Morgan fingerprint density at radius 2 is 1.67 bits per heavy atom. The minimum Gasteiger partial charge on any atom is -0.354 e. The maximum absolute atomic E-state index is 13.6. The molecule has 17 heteroatoms. The van der Waals surface area contributed by atoms with Crippen LogP contribution in [-0.4, -0.2) is 92.9 Å². The lowest BCUT2D eigenvalue weighted by molar-refractivity contribution is -0.144. The molecule has 12 nitrogen and oxygen atoms in total. The van der Waals surface area contributed by atoms with Gasteiger partial charge in [0.05, 0.1) is 21.7 Å². The van der Waals surface area contributed by atoms with E-state index >= 15 is 0 Å². The van der Waals surface area contributed by atoms with Crippen molar-refractivity contribution in [1.82, 2.24) is 24.6 Å². The van der Waals surface area contributed by atoms with Crippen LogP contribution >= 0.6 is 34.3 Å². The summed E-state index contributed by atoms with van der Waals surface area (Å²) in [6.07, 6.45) is 4.93. The van der Waals surface area contributed by atoms with Crippen molar-refractivity contribution in [3.63, 3.8) is 0 Å². The number of likely N-dealkylation sites (tertiary alicyclic amines) is 2. The molecule has 0 radical (unpaired) electrons. The Labute approximate surface area is 282 Å². The molecule has 3 atom stereocenters. The summed E-state index contributed by atoms with van der Waals surface area (Å²) in [6.45, 7) is 2.09. The summed E-state index contributed by atoms with van der Waals surface area (Å²) in [5, 5.41) is 2.33. The smallest absolute Gasteiger partial charge is 0.250 e. The van der Waals surface area contributed by atoms with Crippen molar-refractivity contribution in [3.8, 4) is 9.75 Å². The van der Waals surface area contributed by atoms with Gasteiger partial charge in [0.2, 0.25) is 27.7 Å². The average Bonchev–Trinajstić information content (AvgIpc) is 3.42. The van der Waals surface area contributed by atoms with Gasteiger partial charge < -0.3 is 15.1 Å². The number of carbonyl (C=O) groups is 3. The SMILES string of the molecule is CC(=O)NC1CCC(S(=O)(=O)N[C@@H]2CC23CCCN3C(=O)CN2CCCC(NS(=O)(=O)c3ccc(-c4ccc(Cl)s4)s3)C2=O)CC1. The van der Waals surface area contributed by atoms with Crippen molar-refractivity contribution in [3.05, 3.63) is 28.6 Å². The van der Waals surface area contributed by atoms with E-state index in [2.05, 4.69) is 14.8 Å². The molecule has 4 fully saturated rings. The highest BCUT2D eigenvalue weighted by molar-refractivity contribution is 7.91. The number of hydrogen-bond donors (Lipinski definition) is 3. The average molecular weight is 732 g/mol. The maximum Gasteiger partial charge on any atom is 0.250 e. The van der Waals surface area contributed by atoms with E-state index in [0.29, 0.717) is 68.8 Å². The summed E-state index contributed by atoms with van der Waals surface area (Å²) in [7, 11) is -7.59. The third-order valence-electron chi connectivity index (χ3n) is 9.52. The molecule has 3 N–H and O–H groups in total. The minimum absolute atomic E-state index is 0.00778. The predicted octanol–water partition coefficient (Wildman–Crippen LogP) is 2.90. The van der Waals surface area contributed by atoms with Gasteiger partial charge in [-0.1, -0.05) is 11.6 Å². The number of nitrogens with zero attached hydrogens (tertiary/aromatic N) is 2. The second-order valence-corrected chi connectivity index (χ2v) is 19.4. The zero-order chi connectivity index (χ0) is 32.9. The summed E-state index contributed by atoms with van der Waals surface area (Å²) in [5.74, 6) is -0.822. The van der Waals surface area contributed by atoms with Gasteiger partial charge in [0, 0.05) is 41.9 Å². The van der Waals surface area contributed by atoms with E-state index in [1.54, 1.807) is 17.0 Å². The van der Waals surface area contributed by atoms with Crippen LogP contribution in [0.25, 0.3) is 9.75 Å². The molecule has 1 spiro atoms. The predicted molar refractivity (Wildman–Crippen MR) is 177 cm³/mol. The Bertz CT molecular complexity index is 1720. The molecule has 2 aromatic heterocycles. The van der Waals surface area contributed by atoms with Gasteiger partial charge in [0.1, 0.15) is 10.3 Å². The van der Waals surface area contributed by atoms with Crippen LogP contribution in [0, 0.1) is 0 Å². The van der Waals surface area contributed by atoms with Gasteiger partial charge in [-0.15, -0.1) is 22.7 Å². The van der Waals surface area contributed by atoms with E-state index in [1.807, 2.05) is 6.07 Å². The minimum atomic E-state index is -3.98. The molecular formula is C29H38ClN5O7S4. The Balaban J connectivity index is 1.04. The molecule has 46 heavy (non-hydrogen) atoms. The molecule has 2 saturated carbocycles. The zero-order valence-electron chi connectivity index (χ0n) is 25.4. The molecule has 0 bridgehead atoms. The topological polar surface area (TPSA) is 162 Å². The normalized spacial score (nSPS) is 28.5. The van der Waals surface area contributed by atoms with Gasteiger partial charge in [0.25, 0.3) is 10.0 Å². The van der Waals surface area contributed by atoms with Crippen molar-refractivity contribution in [1.29, 1.82) is 0 Å². The lowest BCUT2D eigenvalue weighted by Gasteiger charge is -2.34. The van der Waals surface area contributed by atoms with Gasteiger partial charge in [-0.3, -0.25) is 14.4 Å². The quantitative estimate of drug-likeness (QED) is 0.339. The summed E-state index contributed by atoms with van der Waals surface area (Å²) in [5.41, 5.74) is -0.596. The number of carbonyl (C=O) groups excluding carboxylic acids is 3. The summed E-state index contributed by atoms with van der Waals surface area (Å²) >= 11 is 8.47. The third-order valence-corrected chi connectivity index (χ3v) is 16.0. The molecule has 2 aromatic rings. The van der Waals surface area contributed by atoms with E-state index in [1.165, 1.54) is 29.2 Å². The number of sulfonamides is 2. The van der Waals surface area contributed by atoms with Crippen molar-refractivity contribution >= 4 is 72.0 Å². The number of nitrogens with one attached hydrogen (secondary N) is 3. The van der Waals surface area contributed by atoms with E-state index in [4.69, 9.17) is 11.6 Å². The molecule has 252 valence electrons. The van der Waals surface area contributed by atoms with E-state index in [0.717, 1.165) is 27.5 Å². The van der Waals surface area contributed by atoms with Crippen molar-refractivity contribution < 1.29 is 31.2 Å². The lowest BCUT2D eigenvalue weighted by Crippen LogP contribution is -2.55. The van der Waals surface area contributed by atoms with Crippen LogP contribution in [0.2, 0.25) is 4.34 Å². The monoisotopic (exact) mass is 731 g/mol. The van der Waals surface area contributed by atoms with E-state index < -0.39 is 42.8 Å². The maximum atomic E-state index is 13.6. The fourth-order valence-electron chi connectivity index (χ4n) is 7.14. The molecule has 2 saturated heterocycles. The van der Waals surface area contributed by atoms with Gasteiger partial charge >= 0.3 is 0 Å². The molecule has 4 heterocycles. The Morgan fingerprint density at radius 3 is 2.37 bits per heavy atom. The highest BCUT2D eigenvalue weighted by Gasteiger charge is 2.63.